The molecule has 0 spiro atoms. The van der Waals surface area contributed by atoms with Crippen LogP contribution in [0.3, 0.4) is 0 Å². The van der Waals surface area contributed by atoms with Gasteiger partial charge in [0.1, 0.15) is 0 Å². The fourth-order valence-corrected chi connectivity index (χ4v) is 2.91. The van der Waals surface area contributed by atoms with Gasteiger partial charge in [-0.1, -0.05) is 13.3 Å². The number of guanidine groups is 1. The molecule has 20 heavy (non-hydrogen) atoms. The lowest BCUT2D eigenvalue weighted by atomic mass is 10.1. The second kappa shape index (κ2) is 6.17. The minimum Gasteiger partial charge on any atom is -0.310 e. The lowest BCUT2D eigenvalue weighted by molar-refractivity contribution is 0.763. The van der Waals surface area contributed by atoms with Gasteiger partial charge in [0, 0.05) is 19.6 Å². The smallest absolute Gasteiger partial charge is 0.205 e. The van der Waals surface area contributed by atoms with Gasteiger partial charge >= 0.3 is 0 Å². The molecule has 2 aliphatic rings. The molecule has 1 aromatic rings. The minimum absolute atomic E-state index is 0. The molecular weight excluding hydrogens is 314 g/mol. The van der Waals surface area contributed by atoms with Gasteiger partial charge in [-0.15, -0.1) is 17.0 Å². The maximum atomic E-state index is 4.77. The van der Waals surface area contributed by atoms with Gasteiger partial charge in [-0.2, -0.15) is 0 Å². The average Bonchev–Trinajstić information content (AvgIpc) is 2.71. The van der Waals surface area contributed by atoms with Crippen LogP contribution in [0.5, 0.6) is 0 Å². The Morgan fingerprint density at radius 2 is 1.85 bits per heavy atom. The number of halogens is 1. The summed E-state index contributed by atoms with van der Waals surface area (Å²) in [6, 6.07) is 4.67. The van der Waals surface area contributed by atoms with E-state index < -0.39 is 0 Å². The van der Waals surface area contributed by atoms with E-state index in [9.17, 15) is 0 Å². The molecule has 0 aromatic heterocycles. The van der Waals surface area contributed by atoms with E-state index >= 15 is 0 Å². The number of aliphatic imine (C=N–C) groups is 1. The molecule has 110 valence electrons. The summed E-state index contributed by atoms with van der Waals surface area (Å²) in [4.78, 5) is 9.59. The molecule has 0 radical (unpaired) electrons. The van der Waals surface area contributed by atoms with E-state index in [1.54, 1.807) is 0 Å². The van der Waals surface area contributed by atoms with Crippen molar-refractivity contribution in [3.05, 3.63) is 23.3 Å². The number of benzene rings is 1. The summed E-state index contributed by atoms with van der Waals surface area (Å²) >= 11 is 0. The van der Waals surface area contributed by atoms with E-state index in [1.165, 1.54) is 41.3 Å². The molecular formula is C16H24BrN3. The Balaban J connectivity index is 0.00000147. The molecule has 0 aliphatic carbocycles. The third kappa shape index (κ3) is 2.46. The molecule has 3 rings (SSSR count). The quantitative estimate of drug-likeness (QED) is 0.827. The van der Waals surface area contributed by atoms with Crippen LogP contribution in [0.4, 0.5) is 11.4 Å². The van der Waals surface area contributed by atoms with Crippen molar-refractivity contribution >= 4 is 34.3 Å². The van der Waals surface area contributed by atoms with Crippen LogP contribution in [0.1, 0.15) is 37.3 Å². The first kappa shape index (κ1) is 15.4. The zero-order valence-electron chi connectivity index (χ0n) is 12.6. The van der Waals surface area contributed by atoms with Crippen molar-refractivity contribution in [1.29, 1.82) is 0 Å². The summed E-state index contributed by atoms with van der Waals surface area (Å²) < 4.78 is 0. The van der Waals surface area contributed by atoms with Crippen LogP contribution in [0.15, 0.2) is 17.1 Å². The maximum Gasteiger partial charge on any atom is 0.205 e. The lowest BCUT2D eigenvalue weighted by Gasteiger charge is -2.26. The molecule has 3 nitrogen and oxygen atoms in total. The molecule has 0 atom stereocenters. The number of unbranched alkanes of at least 4 members (excludes halogenated alkanes) is 1. The number of nitrogens with zero attached hydrogens (tertiary/aromatic N) is 3. The largest absolute Gasteiger partial charge is 0.310 e. The Kier molecular flexibility index (Phi) is 4.74. The summed E-state index contributed by atoms with van der Waals surface area (Å²) in [7, 11) is 0. The van der Waals surface area contributed by atoms with Crippen molar-refractivity contribution in [3.63, 3.8) is 0 Å². The first-order valence-corrected chi connectivity index (χ1v) is 7.43. The van der Waals surface area contributed by atoms with Crippen LogP contribution in [0.2, 0.25) is 0 Å². The SMILES string of the molecule is Br.CCCCN1C2=NCCCN2c2cc(C)c(C)cc21. The summed E-state index contributed by atoms with van der Waals surface area (Å²) in [5, 5.41) is 0. The van der Waals surface area contributed by atoms with Crippen LogP contribution in [-0.4, -0.2) is 25.6 Å². The van der Waals surface area contributed by atoms with E-state index in [4.69, 9.17) is 4.99 Å². The fraction of sp³-hybridized carbons (Fsp3) is 0.562. The second-order valence-corrected chi connectivity index (χ2v) is 5.62. The van der Waals surface area contributed by atoms with E-state index in [0.29, 0.717) is 0 Å². The van der Waals surface area contributed by atoms with Crippen LogP contribution in [0.25, 0.3) is 0 Å². The fourth-order valence-electron chi connectivity index (χ4n) is 2.91. The number of rotatable bonds is 3. The predicted molar refractivity (Wildman–Crippen MR) is 92.8 cm³/mol. The predicted octanol–water partition coefficient (Wildman–Crippen LogP) is 4.07. The van der Waals surface area contributed by atoms with Crippen molar-refractivity contribution in [2.75, 3.05) is 29.4 Å². The molecule has 0 unspecified atom stereocenters. The summed E-state index contributed by atoms with van der Waals surface area (Å²) in [6.45, 7) is 9.81. The Morgan fingerprint density at radius 3 is 2.55 bits per heavy atom. The van der Waals surface area contributed by atoms with Crippen molar-refractivity contribution in [3.8, 4) is 0 Å². The molecule has 0 fully saturated rings. The Labute approximate surface area is 132 Å². The summed E-state index contributed by atoms with van der Waals surface area (Å²) in [5.41, 5.74) is 5.47. The summed E-state index contributed by atoms with van der Waals surface area (Å²) in [6.07, 6.45) is 3.61. The van der Waals surface area contributed by atoms with Gasteiger partial charge in [-0.05, 0) is 49.9 Å². The lowest BCUT2D eigenvalue weighted by Crippen LogP contribution is -2.42. The minimum atomic E-state index is 0. The molecule has 1 aromatic carbocycles. The highest BCUT2D eigenvalue weighted by Gasteiger charge is 2.33. The topological polar surface area (TPSA) is 18.8 Å². The first-order chi connectivity index (χ1) is 9.22. The van der Waals surface area contributed by atoms with Gasteiger partial charge < -0.3 is 9.80 Å². The monoisotopic (exact) mass is 337 g/mol. The first-order valence-electron chi connectivity index (χ1n) is 7.43. The Morgan fingerprint density at radius 1 is 1.15 bits per heavy atom. The highest BCUT2D eigenvalue weighted by Crippen LogP contribution is 2.40. The standard InChI is InChI=1S/C16H23N3.BrH/c1-4-5-8-18-14-10-12(2)13(3)11-15(14)19-9-6-7-17-16(18)19;/h10-11H,4-9H2,1-3H3;1H. The molecule has 0 saturated heterocycles. The van der Waals surface area contributed by atoms with Crippen LogP contribution < -0.4 is 9.80 Å². The Hall–Kier alpha value is -1.03. The molecule has 4 heteroatoms. The normalized spacial score (nSPS) is 16.4. The second-order valence-electron chi connectivity index (χ2n) is 5.62. The Bertz CT molecular complexity index is 525. The van der Waals surface area contributed by atoms with Crippen molar-refractivity contribution in [2.45, 2.75) is 40.0 Å². The zero-order valence-corrected chi connectivity index (χ0v) is 14.4. The van der Waals surface area contributed by atoms with E-state index in [-0.39, 0.29) is 17.0 Å². The van der Waals surface area contributed by atoms with E-state index in [2.05, 4.69) is 42.7 Å². The molecule has 2 heterocycles. The number of fused-ring (bicyclic) bond motifs is 3. The third-order valence-corrected chi connectivity index (χ3v) is 4.18. The molecule has 2 aliphatic heterocycles. The van der Waals surface area contributed by atoms with Gasteiger partial charge in [0.15, 0.2) is 0 Å². The summed E-state index contributed by atoms with van der Waals surface area (Å²) in [5.74, 6) is 1.18. The maximum absolute atomic E-state index is 4.77. The van der Waals surface area contributed by atoms with Gasteiger partial charge in [-0.3, -0.25) is 4.99 Å². The van der Waals surface area contributed by atoms with Crippen LogP contribution in [0, 0.1) is 13.8 Å². The number of hydrogen-bond acceptors (Lipinski definition) is 3. The molecule has 0 saturated carbocycles. The van der Waals surface area contributed by atoms with Gasteiger partial charge in [-0.25, -0.2) is 0 Å². The highest BCUT2D eigenvalue weighted by molar-refractivity contribution is 8.93. The molecule has 0 N–H and O–H groups in total. The van der Waals surface area contributed by atoms with Crippen molar-refractivity contribution < 1.29 is 0 Å². The van der Waals surface area contributed by atoms with Crippen LogP contribution >= 0.6 is 17.0 Å². The third-order valence-electron chi connectivity index (χ3n) is 4.18. The van der Waals surface area contributed by atoms with Crippen molar-refractivity contribution in [1.82, 2.24) is 0 Å². The van der Waals surface area contributed by atoms with Gasteiger partial charge in [0.05, 0.1) is 11.4 Å². The molecule has 0 bridgehead atoms. The molecule has 0 amide bonds. The van der Waals surface area contributed by atoms with Gasteiger partial charge in [0.25, 0.3) is 0 Å². The average molecular weight is 338 g/mol. The van der Waals surface area contributed by atoms with E-state index in [1.807, 2.05) is 0 Å². The van der Waals surface area contributed by atoms with Crippen LogP contribution in [-0.2, 0) is 0 Å². The number of hydrogen-bond donors (Lipinski definition) is 0. The van der Waals surface area contributed by atoms with Crippen molar-refractivity contribution in [2.24, 2.45) is 4.99 Å². The van der Waals surface area contributed by atoms with Gasteiger partial charge in [0.2, 0.25) is 5.96 Å². The number of aryl methyl sites for hydroxylation is 2. The zero-order chi connectivity index (χ0) is 13.4. The number of anilines is 2. The highest BCUT2D eigenvalue weighted by atomic mass is 79.9. The van der Waals surface area contributed by atoms with E-state index in [0.717, 1.165) is 26.1 Å².